The predicted molar refractivity (Wildman–Crippen MR) is 66.8 cm³/mol. The van der Waals surface area contributed by atoms with Crippen LogP contribution in [0.2, 0.25) is 0 Å². The third-order valence-electron chi connectivity index (χ3n) is 2.38. The number of benzene rings is 1. The molecule has 0 aliphatic heterocycles. The van der Waals surface area contributed by atoms with Gasteiger partial charge in [0, 0.05) is 17.4 Å². The van der Waals surface area contributed by atoms with Crippen LogP contribution in [0.1, 0.15) is 5.01 Å². The lowest BCUT2D eigenvalue weighted by molar-refractivity contribution is -0.138. The second-order valence-electron chi connectivity index (χ2n) is 3.79. The molecular weight excluding hydrogens is 255 g/mol. The number of hydrogen-bond donors (Lipinski definition) is 2. The minimum absolute atomic E-state index is 0.176. The smallest absolute Gasteiger partial charge is 0.320 e. The highest BCUT2D eigenvalue weighted by Gasteiger charge is 2.15. The summed E-state index contributed by atoms with van der Waals surface area (Å²) in [6, 6.07) is 5.13. The average molecular weight is 266 g/mol. The zero-order valence-electron chi connectivity index (χ0n) is 9.34. The minimum atomic E-state index is -1.06. The number of carboxylic acid groups (broad SMARTS) is 1. The van der Waals surface area contributed by atoms with Crippen molar-refractivity contribution in [2.45, 2.75) is 12.5 Å². The van der Waals surface area contributed by atoms with E-state index in [1.54, 1.807) is 17.5 Å². The monoisotopic (exact) mass is 266 g/mol. The second kappa shape index (κ2) is 5.24. The Balaban J connectivity index is 2.18. The highest BCUT2D eigenvalue weighted by Crippen LogP contribution is 2.23. The quantitative estimate of drug-likeness (QED) is 0.886. The van der Waals surface area contributed by atoms with Gasteiger partial charge in [-0.15, -0.1) is 11.3 Å². The number of carboxylic acids is 1. The van der Waals surface area contributed by atoms with Gasteiger partial charge in [-0.05, 0) is 12.1 Å². The minimum Gasteiger partial charge on any atom is -0.480 e. The lowest BCUT2D eigenvalue weighted by Gasteiger charge is -2.02. The molecule has 0 bridgehead atoms. The van der Waals surface area contributed by atoms with Crippen LogP contribution in [0.15, 0.2) is 29.6 Å². The fourth-order valence-electron chi connectivity index (χ4n) is 1.46. The number of aliphatic carboxylic acids is 1. The van der Waals surface area contributed by atoms with Crippen LogP contribution in [0.4, 0.5) is 4.39 Å². The Morgan fingerprint density at radius 2 is 2.33 bits per heavy atom. The van der Waals surface area contributed by atoms with Gasteiger partial charge in [-0.2, -0.15) is 0 Å². The number of carbonyl (C=O) groups is 1. The second-order valence-corrected chi connectivity index (χ2v) is 4.73. The first-order chi connectivity index (χ1) is 8.56. The Morgan fingerprint density at radius 3 is 3.00 bits per heavy atom. The third kappa shape index (κ3) is 2.91. The summed E-state index contributed by atoms with van der Waals surface area (Å²) in [5, 5.41) is 11.1. The molecule has 1 atom stereocenters. The number of rotatable bonds is 4. The molecule has 2 rings (SSSR count). The van der Waals surface area contributed by atoms with Crippen molar-refractivity contribution in [3.8, 4) is 11.3 Å². The van der Waals surface area contributed by atoms with E-state index in [4.69, 9.17) is 10.8 Å². The summed E-state index contributed by atoms with van der Waals surface area (Å²) in [5.74, 6) is -1.39. The first kappa shape index (κ1) is 12.7. The van der Waals surface area contributed by atoms with Gasteiger partial charge in [0.25, 0.3) is 0 Å². The van der Waals surface area contributed by atoms with Gasteiger partial charge >= 0.3 is 5.97 Å². The van der Waals surface area contributed by atoms with Crippen molar-refractivity contribution >= 4 is 17.3 Å². The Labute approximate surface area is 107 Å². The molecule has 0 saturated carbocycles. The van der Waals surface area contributed by atoms with Crippen molar-refractivity contribution in [1.29, 1.82) is 0 Å². The van der Waals surface area contributed by atoms with E-state index >= 15 is 0 Å². The van der Waals surface area contributed by atoms with E-state index in [9.17, 15) is 9.18 Å². The van der Waals surface area contributed by atoms with Crippen LogP contribution in [0.5, 0.6) is 0 Å². The lowest BCUT2D eigenvalue weighted by atomic mass is 10.2. The number of aromatic nitrogens is 1. The number of thiazole rings is 1. The van der Waals surface area contributed by atoms with E-state index in [-0.39, 0.29) is 12.2 Å². The topological polar surface area (TPSA) is 76.2 Å². The van der Waals surface area contributed by atoms with E-state index in [0.717, 1.165) is 0 Å². The van der Waals surface area contributed by atoms with Gasteiger partial charge < -0.3 is 10.8 Å². The lowest BCUT2D eigenvalue weighted by Crippen LogP contribution is -2.32. The maximum Gasteiger partial charge on any atom is 0.320 e. The zero-order valence-corrected chi connectivity index (χ0v) is 10.2. The molecule has 0 amide bonds. The van der Waals surface area contributed by atoms with Crippen LogP contribution in [0.25, 0.3) is 11.3 Å². The summed E-state index contributed by atoms with van der Waals surface area (Å²) in [6.45, 7) is 0. The molecule has 0 aliphatic rings. The van der Waals surface area contributed by atoms with Crippen molar-refractivity contribution in [2.75, 3.05) is 0 Å². The summed E-state index contributed by atoms with van der Waals surface area (Å²) >= 11 is 1.32. The van der Waals surface area contributed by atoms with E-state index in [1.807, 2.05) is 0 Å². The van der Waals surface area contributed by atoms with Crippen LogP contribution in [0, 0.1) is 5.82 Å². The molecule has 6 heteroatoms. The van der Waals surface area contributed by atoms with Gasteiger partial charge in [-0.3, -0.25) is 4.79 Å². The van der Waals surface area contributed by atoms with Crippen molar-refractivity contribution < 1.29 is 14.3 Å². The molecule has 2 aromatic rings. The molecule has 0 saturated heterocycles. The highest BCUT2D eigenvalue weighted by atomic mass is 32.1. The molecule has 4 nitrogen and oxygen atoms in total. The highest BCUT2D eigenvalue weighted by molar-refractivity contribution is 7.10. The van der Waals surface area contributed by atoms with Gasteiger partial charge in [-0.25, -0.2) is 9.37 Å². The van der Waals surface area contributed by atoms with Gasteiger partial charge in [0.2, 0.25) is 0 Å². The Bertz CT molecular complexity index is 571. The van der Waals surface area contributed by atoms with E-state index in [0.29, 0.717) is 16.3 Å². The Hall–Kier alpha value is -1.79. The van der Waals surface area contributed by atoms with Crippen LogP contribution < -0.4 is 5.73 Å². The Kier molecular flexibility index (Phi) is 3.69. The van der Waals surface area contributed by atoms with E-state index in [1.165, 1.54) is 23.5 Å². The number of halogens is 1. The van der Waals surface area contributed by atoms with Gasteiger partial charge in [0.05, 0.1) is 10.7 Å². The van der Waals surface area contributed by atoms with Gasteiger partial charge in [0.1, 0.15) is 11.9 Å². The number of nitrogens with zero attached hydrogens (tertiary/aromatic N) is 1. The van der Waals surface area contributed by atoms with Crippen LogP contribution >= 0.6 is 11.3 Å². The SMILES string of the molecule is NC(Cc1nc(-c2cccc(F)c2)cs1)C(=O)O. The third-order valence-corrected chi connectivity index (χ3v) is 3.26. The van der Waals surface area contributed by atoms with Crippen molar-refractivity contribution in [1.82, 2.24) is 4.98 Å². The van der Waals surface area contributed by atoms with Gasteiger partial charge in [-0.1, -0.05) is 12.1 Å². The maximum atomic E-state index is 13.1. The zero-order chi connectivity index (χ0) is 13.1. The molecule has 1 unspecified atom stereocenters. The largest absolute Gasteiger partial charge is 0.480 e. The molecule has 94 valence electrons. The molecule has 1 aromatic heterocycles. The molecule has 1 aromatic carbocycles. The standard InChI is InChI=1S/C12H11FN2O2S/c13-8-3-1-2-7(4-8)10-6-18-11(15-10)5-9(14)12(16)17/h1-4,6,9H,5,14H2,(H,16,17). The molecule has 0 aliphatic carbocycles. The fourth-order valence-corrected chi connectivity index (χ4v) is 2.32. The number of hydrogen-bond acceptors (Lipinski definition) is 4. The van der Waals surface area contributed by atoms with Crippen LogP contribution in [0.3, 0.4) is 0 Å². The maximum absolute atomic E-state index is 13.1. The molecule has 1 heterocycles. The number of nitrogens with two attached hydrogens (primary N) is 1. The molecule has 3 N–H and O–H groups in total. The van der Waals surface area contributed by atoms with Crippen molar-refractivity contribution in [3.63, 3.8) is 0 Å². The molecule has 0 radical (unpaired) electrons. The Morgan fingerprint density at radius 1 is 1.56 bits per heavy atom. The summed E-state index contributed by atoms with van der Waals surface area (Å²) in [6.07, 6.45) is 0.176. The van der Waals surface area contributed by atoms with Crippen molar-refractivity contribution in [3.05, 3.63) is 40.5 Å². The van der Waals surface area contributed by atoms with Crippen LogP contribution in [-0.2, 0) is 11.2 Å². The molecule has 0 fully saturated rings. The summed E-state index contributed by atoms with van der Waals surface area (Å²) in [5.41, 5.74) is 6.73. The van der Waals surface area contributed by atoms with E-state index in [2.05, 4.69) is 4.98 Å². The normalized spacial score (nSPS) is 12.3. The first-order valence-corrected chi connectivity index (χ1v) is 6.13. The molecule has 0 spiro atoms. The molecular formula is C12H11FN2O2S. The van der Waals surface area contributed by atoms with Gasteiger partial charge in [0.15, 0.2) is 0 Å². The van der Waals surface area contributed by atoms with E-state index < -0.39 is 12.0 Å². The summed E-state index contributed by atoms with van der Waals surface area (Å²) < 4.78 is 13.1. The van der Waals surface area contributed by atoms with Crippen LogP contribution in [-0.4, -0.2) is 22.1 Å². The molecule has 18 heavy (non-hydrogen) atoms. The fraction of sp³-hybridized carbons (Fsp3) is 0.167. The predicted octanol–water partition coefficient (Wildman–Crippen LogP) is 1.90. The summed E-state index contributed by atoms with van der Waals surface area (Å²) in [4.78, 5) is 14.9. The van der Waals surface area contributed by atoms with Crippen molar-refractivity contribution in [2.24, 2.45) is 5.73 Å². The first-order valence-electron chi connectivity index (χ1n) is 5.25. The average Bonchev–Trinajstić information content (AvgIpc) is 2.77. The summed E-state index contributed by atoms with van der Waals surface area (Å²) in [7, 11) is 0.